The fourth-order valence-corrected chi connectivity index (χ4v) is 3.72. The zero-order chi connectivity index (χ0) is 23.3. The molecule has 0 atom stereocenters. The number of carbonyl (C=O) groups is 1. The van der Waals surface area contributed by atoms with Gasteiger partial charge in [-0.2, -0.15) is 13.2 Å². The number of hydrogen-bond acceptors (Lipinski definition) is 3. The molecule has 0 radical (unpaired) electrons. The molecule has 1 aliphatic heterocycles. The maximum Gasteiger partial charge on any atom is 0.416 e. The molecule has 0 aliphatic carbocycles. The van der Waals surface area contributed by atoms with Crippen LogP contribution in [-0.4, -0.2) is 53.5 Å². The molecular weight excluding hydrogens is 468 g/mol. The number of benzene rings is 2. The third kappa shape index (κ3) is 6.78. The van der Waals surface area contributed by atoms with Gasteiger partial charge in [-0.25, -0.2) is 4.39 Å². The number of anilines is 2. The summed E-state index contributed by atoms with van der Waals surface area (Å²) in [7, 11) is 0. The van der Waals surface area contributed by atoms with E-state index >= 15 is 0 Å². The number of hydrogen-bond donors (Lipinski definition) is 2. The van der Waals surface area contributed by atoms with Crippen molar-refractivity contribution in [1.29, 1.82) is 0 Å². The van der Waals surface area contributed by atoms with Gasteiger partial charge in [-0.3, -0.25) is 9.69 Å². The summed E-state index contributed by atoms with van der Waals surface area (Å²) in [5, 5.41) is 5.93. The fraction of sp³-hybridized carbons (Fsp3) is 0.333. The molecule has 172 valence electrons. The van der Waals surface area contributed by atoms with Crippen LogP contribution in [-0.2, 0) is 11.0 Å². The molecule has 5 nitrogen and oxygen atoms in total. The number of nitrogens with one attached hydrogen (secondary N) is 2. The van der Waals surface area contributed by atoms with Crippen LogP contribution in [0.1, 0.15) is 12.0 Å². The summed E-state index contributed by atoms with van der Waals surface area (Å²) >= 11 is 11.4. The Kier molecular flexibility index (Phi) is 7.91. The Morgan fingerprint density at radius 3 is 2.44 bits per heavy atom. The van der Waals surface area contributed by atoms with Gasteiger partial charge in [-0.15, -0.1) is 0 Å². The Balaban J connectivity index is 1.54. The molecule has 11 heteroatoms. The fourth-order valence-electron chi connectivity index (χ4n) is 3.26. The lowest BCUT2D eigenvalue weighted by atomic mass is 10.2. The van der Waals surface area contributed by atoms with E-state index in [1.807, 2.05) is 9.80 Å². The summed E-state index contributed by atoms with van der Waals surface area (Å²) in [5.41, 5.74) is -0.219. The third-order valence-electron chi connectivity index (χ3n) is 4.91. The standard InChI is InChI=1S/C21H21ClF4N4OS/c22-17-7-2-14(21(24,25)26)12-18(17)28-20(32)30-9-1-8-29(10-11-30)13-19(31)27-16-5-3-15(23)4-6-16/h2-7,12H,1,8-11,13H2,(H,27,31)(H,28,32). The van der Waals surface area contributed by atoms with E-state index in [1.54, 1.807) is 0 Å². The molecule has 32 heavy (non-hydrogen) atoms. The monoisotopic (exact) mass is 488 g/mol. The Morgan fingerprint density at radius 2 is 1.75 bits per heavy atom. The van der Waals surface area contributed by atoms with Crippen molar-refractivity contribution in [3.05, 3.63) is 58.9 Å². The highest BCUT2D eigenvalue weighted by Gasteiger charge is 2.31. The number of halogens is 5. The van der Waals surface area contributed by atoms with Gasteiger partial charge in [-0.1, -0.05) is 11.6 Å². The maximum absolute atomic E-state index is 13.0. The van der Waals surface area contributed by atoms with Crippen molar-refractivity contribution in [2.75, 3.05) is 43.4 Å². The molecular formula is C21H21ClF4N4OS. The van der Waals surface area contributed by atoms with Crippen molar-refractivity contribution < 1.29 is 22.4 Å². The Morgan fingerprint density at radius 1 is 1.03 bits per heavy atom. The molecule has 2 aromatic rings. The van der Waals surface area contributed by atoms with E-state index in [9.17, 15) is 22.4 Å². The van der Waals surface area contributed by atoms with E-state index < -0.39 is 11.7 Å². The third-order valence-corrected chi connectivity index (χ3v) is 5.60. The second kappa shape index (κ2) is 10.5. The van der Waals surface area contributed by atoms with Crippen molar-refractivity contribution in [3.8, 4) is 0 Å². The van der Waals surface area contributed by atoms with Crippen LogP contribution in [0.2, 0.25) is 5.02 Å². The molecule has 2 aromatic carbocycles. The van der Waals surface area contributed by atoms with Gasteiger partial charge < -0.3 is 15.5 Å². The molecule has 0 saturated carbocycles. The minimum atomic E-state index is -4.49. The SMILES string of the molecule is O=C(CN1CCCN(C(=S)Nc2cc(C(F)(F)F)ccc2Cl)CC1)Nc1ccc(F)cc1. The highest BCUT2D eigenvalue weighted by molar-refractivity contribution is 7.80. The second-order valence-corrected chi connectivity index (χ2v) is 8.09. The minimum absolute atomic E-state index is 0.0891. The summed E-state index contributed by atoms with van der Waals surface area (Å²) in [5.74, 6) is -0.604. The number of rotatable bonds is 4. The summed E-state index contributed by atoms with van der Waals surface area (Å²) in [6.45, 7) is 2.42. The summed E-state index contributed by atoms with van der Waals surface area (Å²) in [6, 6.07) is 8.53. The molecule has 1 amide bonds. The Hall–Kier alpha value is -2.43. The number of carbonyl (C=O) groups excluding carboxylic acids is 1. The first-order chi connectivity index (χ1) is 15.1. The first-order valence-corrected chi connectivity index (χ1v) is 10.6. The summed E-state index contributed by atoms with van der Waals surface area (Å²) in [6.07, 6.45) is -3.78. The Bertz CT molecular complexity index is 971. The van der Waals surface area contributed by atoms with Crippen molar-refractivity contribution in [2.45, 2.75) is 12.6 Å². The van der Waals surface area contributed by atoms with E-state index in [4.69, 9.17) is 23.8 Å². The van der Waals surface area contributed by atoms with Crippen molar-refractivity contribution in [2.24, 2.45) is 0 Å². The van der Waals surface area contributed by atoms with E-state index in [0.29, 0.717) is 38.3 Å². The van der Waals surface area contributed by atoms with Crippen LogP contribution in [0.15, 0.2) is 42.5 Å². The Labute approximate surface area is 193 Å². The van der Waals surface area contributed by atoms with Gasteiger partial charge in [0.05, 0.1) is 22.8 Å². The van der Waals surface area contributed by atoms with Gasteiger partial charge in [0.2, 0.25) is 5.91 Å². The average molecular weight is 489 g/mol. The number of amides is 1. The van der Waals surface area contributed by atoms with Crippen LogP contribution >= 0.6 is 23.8 Å². The lowest BCUT2D eigenvalue weighted by molar-refractivity contribution is -0.137. The molecule has 3 rings (SSSR count). The molecule has 1 heterocycles. The van der Waals surface area contributed by atoms with Gasteiger partial charge in [0, 0.05) is 31.9 Å². The van der Waals surface area contributed by atoms with E-state index in [1.165, 1.54) is 30.3 Å². The van der Waals surface area contributed by atoms with Gasteiger partial charge in [0.1, 0.15) is 5.82 Å². The van der Waals surface area contributed by atoms with E-state index in [-0.39, 0.29) is 34.1 Å². The molecule has 0 aromatic heterocycles. The first-order valence-electron chi connectivity index (χ1n) is 9.82. The quantitative estimate of drug-likeness (QED) is 0.476. The van der Waals surface area contributed by atoms with Crippen LogP contribution in [0.5, 0.6) is 0 Å². The highest BCUT2D eigenvalue weighted by Crippen LogP contribution is 2.34. The molecule has 1 saturated heterocycles. The smallest absolute Gasteiger partial charge is 0.348 e. The van der Waals surface area contributed by atoms with Gasteiger partial charge >= 0.3 is 6.18 Å². The van der Waals surface area contributed by atoms with E-state index in [0.717, 1.165) is 12.1 Å². The van der Waals surface area contributed by atoms with Gasteiger partial charge in [-0.05, 0) is 61.1 Å². The number of alkyl halides is 3. The molecule has 2 N–H and O–H groups in total. The van der Waals surface area contributed by atoms with Crippen LogP contribution in [0, 0.1) is 5.82 Å². The lowest BCUT2D eigenvalue weighted by Crippen LogP contribution is -2.39. The number of nitrogens with zero attached hydrogens (tertiary/aromatic N) is 2. The summed E-state index contributed by atoms with van der Waals surface area (Å²) < 4.78 is 51.9. The molecule has 0 spiro atoms. The largest absolute Gasteiger partial charge is 0.416 e. The van der Waals surface area contributed by atoms with E-state index in [2.05, 4.69) is 10.6 Å². The normalized spacial score (nSPS) is 15.2. The number of thiocarbonyl (C=S) groups is 1. The second-order valence-electron chi connectivity index (χ2n) is 7.29. The van der Waals surface area contributed by atoms with Crippen LogP contribution in [0.4, 0.5) is 28.9 Å². The lowest BCUT2D eigenvalue weighted by Gasteiger charge is -2.25. The van der Waals surface area contributed by atoms with Gasteiger partial charge in [0.25, 0.3) is 0 Å². The molecule has 1 aliphatic rings. The molecule has 1 fully saturated rings. The zero-order valence-electron chi connectivity index (χ0n) is 16.9. The van der Waals surface area contributed by atoms with Crippen LogP contribution in [0.25, 0.3) is 0 Å². The predicted molar refractivity (Wildman–Crippen MR) is 120 cm³/mol. The van der Waals surface area contributed by atoms with Crippen LogP contribution in [0.3, 0.4) is 0 Å². The zero-order valence-corrected chi connectivity index (χ0v) is 18.5. The minimum Gasteiger partial charge on any atom is -0.348 e. The topological polar surface area (TPSA) is 47.6 Å². The molecule has 0 bridgehead atoms. The predicted octanol–water partition coefficient (Wildman–Crippen LogP) is 4.84. The maximum atomic E-state index is 13.0. The highest BCUT2D eigenvalue weighted by atomic mass is 35.5. The first kappa shape index (κ1) is 24.2. The van der Waals surface area contributed by atoms with Crippen molar-refractivity contribution in [1.82, 2.24) is 9.80 Å². The van der Waals surface area contributed by atoms with Crippen LogP contribution < -0.4 is 10.6 Å². The van der Waals surface area contributed by atoms with Crippen molar-refractivity contribution >= 4 is 46.2 Å². The van der Waals surface area contributed by atoms with Crippen molar-refractivity contribution in [3.63, 3.8) is 0 Å². The molecule has 0 unspecified atom stereocenters. The summed E-state index contributed by atoms with van der Waals surface area (Å²) in [4.78, 5) is 16.1. The van der Waals surface area contributed by atoms with Gasteiger partial charge in [0.15, 0.2) is 5.11 Å². The average Bonchev–Trinajstić information content (AvgIpc) is 2.96.